The van der Waals surface area contributed by atoms with Crippen LogP contribution in [0.4, 0.5) is 0 Å². The van der Waals surface area contributed by atoms with Gasteiger partial charge in [0.2, 0.25) is 0 Å². The molecule has 1 unspecified atom stereocenters. The van der Waals surface area contributed by atoms with Crippen molar-refractivity contribution in [2.45, 2.75) is 37.5 Å². The standard InChI is InChI=1S/C10H22N2S/c1-10(2,13-3)8-11-7-9-5-4-6-12-9/h9,11-12H,4-8H2,1-3H3. The largest absolute Gasteiger partial charge is 0.314 e. The first-order valence-electron chi connectivity index (χ1n) is 5.13. The van der Waals surface area contributed by atoms with E-state index in [1.54, 1.807) is 0 Å². The third kappa shape index (κ3) is 4.34. The van der Waals surface area contributed by atoms with Gasteiger partial charge in [-0.05, 0) is 39.5 Å². The van der Waals surface area contributed by atoms with Gasteiger partial charge in [0.25, 0.3) is 0 Å². The highest BCUT2D eigenvalue weighted by molar-refractivity contribution is 7.99. The van der Waals surface area contributed by atoms with Crippen LogP contribution in [0.15, 0.2) is 0 Å². The summed E-state index contributed by atoms with van der Waals surface area (Å²) in [4.78, 5) is 0. The monoisotopic (exact) mass is 202 g/mol. The van der Waals surface area contributed by atoms with Crippen molar-refractivity contribution in [3.63, 3.8) is 0 Å². The van der Waals surface area contributed by atoms with Crippen LogP contribution >= 0.6 is 11.8 Å². The third-order valence-electron chi connectivity index (χ3n) is 2.66. The van der Waals surface area contributed by atoms with E-state index in [-0.39, 0.29) is 0 Å². The lowest BCUT2D eigenvalue weighted by Crippen LogP contribution is -2.39. The molecule has 0 spiro atoms. The summed E-state index contributed by atoms with van der Waals surface area (Å²) in [7, 11) is 0. The van der Waals surface area contributed by atoms with E-state index in [2.05, 4.69) is 30.7 Å². The molecule has 0 aromatic carbocycles. The van der Waals surface area contributed by atoms with Crippen molar-refractivity contribution in [1.82, 2.24) is 10.6 Å². The zero-order chi connectivity index (χ0) is 9.73. The molecule has 13 heavy (non-hydrogen) atoms. The Morgan fingerprint density at radius 2 is 2.31 bits per heavy atom. The lowest BCUT2D eigenvalue weighted by molar-refractivity contribution is 0.509. The van der Waals surface area contributed by atoms with Gasteiger partial charge in [-0.25, -0.2) is 0 Å². The van der Waals surface area contributed by atoms with Crippen molar-refractivity contribution in [3.05, 3.63) is 0 Å². The van der Waals surface area contributed by atoms with Crippen LogP contribution < -0.4 is 10.6 Å². The Labute approximate surface area is 86.2 Å². The van der Waals surface area contributed by atoms with Crippen molar-refractivity contribution in [3.8, 4) is 0 Å². The maximum Gasteiger partial charge on any atom is 0.0225 e. The fourth-order valence-electron chi connectivity index (χ4n) is 1.55. The summed E-state index contributed by atoms with van der Waals surface area (Å²) in [5.74, 6) is 0. The van der Waals surface area contributed by atoms with Crippen molar-refractivity contribution >= 4 is 11.8 Å². The Kier molecular flexibility index (Phi) is 4.56. The zero-order valence-corrected chi connectivity index (χ0v) is 9.84. The van der Waals surface area contributed by atoms with Crippen molar-refractivity contribution in [2.75, 3.05) is 25.9 Å². The molecule has 3 heteroatoms. The summed E-state index contributed by atoms with van der Waals surface area (Å²) in [6.45, 7) is 8.01. The van der Waals surface area contributed by atoms with Crippen LogP contribution in [-0.2, 0) is 0 Å². The normalized spacial score (nSPS) is 23.8. The Bertz CT molecular complexity index is 142. The molecule has 1 aliphatic heterocycles. The molecule has 1 heterocycles. The molecule has 2 N–H and O–H groups in total. The minimum absolute atomic E-state index is 0.374. The molecule has 1 aliphatic rings. The summed E-state index contributed by atoms with van der Waals surface area (Å²) in [6, 6.07) is 0.720. The number of rotatable bonds is 5. The highest BCUT2D eigenvalue weighted by atomic mass is 32.2. The number of thioether (sulfide) groups is 1. The lowest BCUT2D eigenvalue weighted by atomic mass is 10.2. The van der Waals surface area contributed by atoms with Crippen LogP contribution in [0.3, 0.4) is 0 Å². The minimum Gasteiger partial charge on any atom is -0.314 e. The average Bonchev–Trinajstić information content (AvgIpc) is 2.57. The lowest BCUT2D eigenvalue weighted by Gasteiger charge is -2.23. The Morgan fingerprint density at radius 3 is 2.85 bits per heavy atom. The summed E-state index contributed by atoms with van der Waals surface area (Å²) < 4.78 is 0.374. The quantitative estimate of drug-likeness (QED) is 0.706. The zero-order valence-electron chi connectivity index (χ0n) is 9.02. The van der Waals surface area contributed by atoms with Crippen molar-refractivity contribution in [1.29, 1.82) is 0 Å². The van der Waals surface area contributed by atoms with Gasteiger partial charge in [0, 0.05) is 23.9 Å². The fourth-order valence-corrected chi connectivity index (χ4v) is 1.80. The molecule has 0 saturated carbocycles. The molecular weight excluding hydrogens is 180 g/mol. The van der Waals surface area contributed by atoms with Gasteiger partial charge in [-0.15, -0.1) is 0 Å². The molecule has 2 nitrogen and oxygen atoms in total. The SMILES string of the molecule is CSC(C)(C)CNCC1CCCN1. The highest BCUT2D eigenvalue weighted by Crippen LogP contribution is 2.19. The topological polar surface area (TPSA) is 24.1 Å². The molecule has 0 radical (unpaired) electrons. The highest BCUT2D eigenvalue weighted by Gasteiger charge is 2.17. The van der Waals surface area contributed by atoms with Gasteiger partial charge in [0.15, 0.2) is 0 Å². The first-order valence-corrected chi connectivity index (χ1v) is 6.36. The maximum atomic E-state index is 3.54. The number of hydrogen-bond donors (Lipinski definition) is 2. The van der Waals surface area contributed by atoms with E-state index in [1.165, 1.54) is 19.4 Å². The predicted molar refractivity (Wildman–Crippen MR) is 61.5 cm³/mol. The summed E-state index contributed by atoms with van der Waals surface area (Å²) in [5.41, 5.74) is 0. The molecular formula is C10H22N2S. The maximum absolute atomic E-state index is 3.54. The summed E-state index contributed by atoms with van der Waals surface area (Å²) in [5, 5.41) is 7.03. The van der Waals surface area contributed by atoms with Crippen LogP contribution in [-0.4, -0.2) is 36.7 Å². The van der Waals surface area contributed by atoms with E-state index in [1.807, 2.05) is 11.8 Å². The van der Waals surface area contributed by atoms with Gasteiger partial charge in [-0.2, -0.15) is 11.8 Å². The second-order valence-electron chi connectivity index (χ2n) is 4.39. The van der Waals surface area contributed by atoms with Crippen LogP contribution in [0, 0.1) is 0 Å². The van der Waals surface area contributed by atoms with Gasteiger partial charge in [0.1, 0.15) is 0 Å². The minimum atomic E-state index is 0.374. The van der Waals surface area contributed by atoms with E-state index < -0.39 is 0 Å². The molecule has 78 valence electrons. The molecule has 0 aliphatic carbocycles. The number of nitrogens with one attached hydrogen (secondary N) is 2. The van der Waals surface area contributed by atoms with Gasteiger partial charge < -0.3 is 10.6 Å². The molecule has 1 rings (SSSR count). The van der Waals surface area contributed by atoms with E-state index in [4.69, 9.17) is 0 Å². The smallest absolute Gasteiger partial charge is 0.0225 e. The van der Waals surface area contributed by atoms with Crippen molar-refractivity contribution in [2.24, 2.45) is 0 Å². The van der Waals surface area contributed by atoms with Crippen LogP contribution in [0.1, 0.15) is 26.7 Å². The molecule has 1 saturated heterocycles. The van der Waals surface area contributed by atoms with Crippen LogP contribution in [0.5, 0.6) is 0 Å². The van der Waals surface area contributed by atoms with E-state index in [0.29, 0.717) is 4.75 Å². The number of hydrogen-bond acceptors (Lipinski definition) is 3. The first kappa shape index (κ1) is 11.3. The van der Waals surface area contributed by atoms with Gasteiger partial charge in [-0.3, -0.25) is 0 Å². The van der Waals surface area contributed by atoms with Gasteiger partial charge >= 0.3 is 0 Å². The molecule has 1 atom stereocenters. The van der Waals surface area contributed by atoms with Crippen LogP contribution in [0.25, 0.3) is 0 Å². The van der Waals surface area contributed by atoms with E-state index >= 15 is 0 Å². The summed E-state index contributed by atoms with van der Waals surface area (Å²) >= 11 is 1.93. The molecule has 0 bridgehead atoms. The average molecular weight is 202 g/mol. The molecule has 0 amide bonds. The van der Waals surface area contributed by atoms with E-state index in [9.17, 15) is 0 Å². The second-order valence-corrected chi connectivity index (χ2v) is 5.90. The van der Waals surface area contributed by atoms with Gasteiger partial charge in [0.05, 0.1) is 0 Å². The van der Waals surface area contributed by atoms with Crippen LogP contribution in [0.2, 0.25) is 0 Å². The Hall–Kier alpha value is 0.270. The summed E-state index contributed by atoms with van der Waals surface area (Å²) in [6.07, 6.45) is 4.86. The predicted octanol–water partition coefficient (Wildman–Crippen LogP) is 1.47. The van der Waals surface area contributed by atoms with E-state index in [0.717, 1.165) is 19.1 Å². The fraction of sp³-hybridized carbons (Fsp3) is 1.00. The first-order chi connectivity index (χ1) is 6.14. The Morgan fingerprint density at radius 1 is 1.54 bits per heavy atom. The molecule has 1 fully saturated rings. The molecule has 0 aromatic heterocycles. The molecule has 0 aromatic rings. The second kappa shape index (κ2) is 5.23. The van der Waals surface area contributed by atoms with Gasteiger partial charge in [-0.1, -0.05) is 0 Å². The Balaban J connectivity index is 2.06. The third-order valence-corrected chi connectivity index (χ3v) is 3.91. The van der Waals surface area contributed by atoms with Crippen molar-refractivity contribution < 1.29 is 0 Å².